The minimum Gasteiger partial charge on any atom is -0.446 e. The van der Waals surface area contributed by atoms with Crippen LogP contribution in [-0.4, -0.2) is 41.7 Å². The van der Waals surface area contributed by atoms with Crippen LogP contribution in [0.4, 0.5) is 29.5 Å². The number of nitrogens with one attached hydrogen (secondary N) is 1. The molecule has 1 saturated heterocycles. The van der Waals surface area contributed by atoms with E-state index in [1.165, 1.54) is 18.9 Å². The van der Waals surface area contributed by atoms with Gasteiger partial charge in [-0.2, -0.15) is 13.2 Å². The highest BCUT2D eigenvalue weighted by Crippen LogP contribution is 2.33. The zero-order chi connectivity index (χ0) is 21.6. The first kappa shape index (κ1) is 19.7. The molecule has 2 aromatic heterocycles. The Morgan fingerprint density at radius 1 is 1.27 bits per heavy atom. The number of anilines is 2. The second-order valence-electron chi connectivity index (χ2n) is 6.96. The number of pyridine rings is 1. The van der Waals surface area contributed by atoms with Gasteiger partial charge in [0.05, 0.1) is 5.56 Å². The van der Waals surface area contributed by atoms with Gasteiger partial charge in [-0.1, -0.05) is 6.07 Å². The van der Waals surface area contributed by atoms with E-state index in [0.717, 1.165) is 27.9 Å². The molecule has 3 heterocycles. The summed E-state index contributed by atoms with van der Waals surface area (Å²) in [4.78, 5) is 34.7. The van der Waals surface area contributed by atoms with Gasteiger partial charge in [-0.25, -0.2) is 14.7 Å². The molecule has 1 N–H and O–H groups in total. The van der Waals surface area contributed by atoms with Crippen LogP contribution in [0.25, 0.3) is 10.9 Å². The maximum absolute atomic E-state index is 13.2. The number of nitrogens with zero attached hydrogens (tertiary/aromatic N) is 3. The number of hydrogen-bond donors (Lipinski definition) is 1. The number of aryl methyl sites for hydroxylation is 1. The molecular formula is C20H17F3N4O3. The topological polar surface area (TPSA) is 78.5 Å². The van der Waals surface area contributed by atoms with Crippen molar-refractivity contribution >= 4 is 34.4 Å². The number of ether oxygens (including phenoxy) is 1. The van der Waals surface area contributed by atoms with Gasteiger partial charge >= 0.3 is 12.3 Å². The number of fused-ring (bicyclic) bond motifs is 1. The highest BCUT2D eigenvalue weighted by Gasteiger charge is 2.43. The van der Waals surface area contributed by atoms with Crippen LogP contribution in [0.5, 0.6) is 0 Å². The van der Waals surface area contributed by atoms with Gasteiger partial charge in [-0.15, -0.1) is 0 Å². The van der Waals surface area contributed by atoms with Gasteiger partial charge in [0.25, 0.3) is 5.91 Å². The van der Waals surface area contributed by atoms with Gasteiger partial charge < -0.3 is 14.6 Å². The van der Waals surface area contributed by atoms with Gasteiger partial charge in [0.2, 0.25) is 0 Å². The van der Waals surface area contributed by atoms with Crippen molar-refractivity contribution in [2.24, 2.45) is 0 Å². The van der Waals surface area contributed by atoms with Crippen LogP contribution in [-0.2, 0) is 15.7 Å². The number of amides is 2. The molecule has 4 rings (SSSR count). The Labute approximate surface area is 169 Å². The minimum atomic E-state index is -4.62. The zero-order valence-corrected chi connectivity index (χ0v) is 16.0. The molecule has 1 aliphatic rings. The minimum absolute atomic E-state index is 0.0660. The van der Waals surface area contributed by atoms with E-state index in [1.807, 2.05) is 12.1 Å². The number of rotatable bonds is 3. The third kappa shape index (κ3) is 3.44. The number of cyclic esters (lactones) is 1. The fourth-order valence-corrected chi connectivity index (χ4v) is 3.39. The van der Waals surface area contributed by atoms with Gasteiger partial charge in [0, 0.05) is 30.1 Å². The second-order valence-corrected chi connectivity index (χ2v) is 6.96. The quantitative estimate of drug-likeness (QED) is 0.700. The van der Waals surface area contributed by atoms with Crippen molar-refractivity contribution in [2.45, 2.75) is 19.1 Å². The normalized spacial score (nSPS) is 16.8. The molecule has 0 aliphatic carbocycles. The average molecular weight is 418 g/mol. The van der Waals surface area contributed by atoms with E-state index in [4.69, 9.17) is 4.74 Å². The maximum atomic E-state index is 13.2. The van der Waals surface area contributed by atoms with E-state index in [-0.39, 0.29) is 18.1 Å². The molecule has 1 atom stereocenters. The fourth-order valence-electron chi connectivity index (χ4n) is 3.39. The number of carbonyl (C=O) groups excluding carboxylic acids is 2. The molecule has 30 heavy (non-hydrogen) atoms. The molecule has 0 unspecified atom stereocenters. The fraction of sp³-hybridized carbons (Fsp3) is 0.250. The smallest absolute Gasteiger partial charge is 0.416 e. The van der Waals surface area contributed by atoms with Crippen LogP contribution in [0.1, 0.15) is 11.3 Å². The summed E-state index contributed by atoms with van der Waals surface area (Å²) in [6.45, 7) is 1.10. The summed E-state index contributed by atoms with van der Waals surface area (Å²) >= 11 is 0. The molecule has 1 aliphatic heterocycles. The number of hydrogen-bond acceptors (Lipinski definition) is 4. The first-order chi connectivity index (χ1) is 14.1. The number of halogens is 3. The molecule has 0 radical (unpaired) electrons. The first-order valence-corrected chi connectivity index (χ1v) is 9.02. The lowest BCUT2D eigenvalue weighted by atomic mass is 10.1. The molecule has 10 heteroatoms. The Balaban J connectivity index is 1.67. The predicted octanol–water partition coefficient (Wildman–Crippen LogP) is 3.88. The van der Waals surface area contributed by atoms with E-state index >= 15 is 0 Å². The molecular weight excluding hydrogens is 401 g/mol. The van der Waals surface area contributed by atoms with E-state index in [9.17, 15) is 22.8 Å². The Morgan fingerprint density at radius 3 is 2.77 bits per heavy atom. The molecule has 0 spiro atoms. The number of likely N-dealkylation sites (N-methyl/N-ethyl adjacent to an activating group) is 1. The summed E-state index contributed by atoms with van der Waals surface area (Å²) in [5.74, 6) is -0.792. The first-order valence-electron chi connectivity index (χ1n) is 9.02. The van der Waals surface area contributed by atoms with Crippen molar-refractivity contribution in [3.05, 3.63) is 53.9 Å². The van der Waals surface area contributed by atoms with E-state index in [0.29, 0.717) is 5.69 Å². The lowest BCUT2D eigenvalue weighted by Gasteiger charge is -2.25. The highest BCUT2D eigenvalue weighted by molar-refractivity contribution is 6.06. The maximum Gasteiger partial charge on any atom is 0.416 e. The highest BCUT2D eigenvalue weighted by atomic mass is 19.4. The molecule has 7 nitrogen and oxygen atoms in total. The lowest BCUT2D eigenvalue weighted by molar-refractivity contribution is -0.137. The number of aromatic amines is 1. The number of benzene rings is 1. The predicted molar refractivity (Wildman–Crippen MR) is 103 cm³/mol. The largest absolute Gasteiger partial charge is 0.446 e. The Bertz CT molecular complexity index is 1140. The average Bonchev–Trinajstić information content (AvgIpc) is 3.31. The van der Waals surface area contributed by atoms with E-state index in [1.54, 1.807) is 18.3 Å². The number of carbonyl (C=O) groups is 2. The number of alkyl halides is 3. The Kier molecular flexibility index (Phi) is 4.64. The molecule has 0 saturated carbocycles. The van der Waals surface area contributed by atoms with Crippen molar-refractivity contribution in [2.75, 3.05) is 23.5 Å². The third-order valence-electron chi connectivity index (χ3n) is 4.93. The summed E-state index contributed by atoms with van der Waals surface area (Å²) < 4.78 is 44.6. The number of aromatic nitrogens is 2. The zero-order valence-electron chi connectivity index (χ0n) is 16.0. The van der Waals surface area contributed by atoms with Crippen molar-refractivity contribution in [3.8, 4) is 0 Å². The van der Waals surface area contributed by atoms with Crippen LogP contribution in [0.3, 0.4) is 0 Å². The molecule has 3 aromatic rings. The molecule has 2 amide bonds. The Morgan fingerprint density at radius 2 is 2.03 bits per heavy atom. The van der Waals surface area contributed by atoms with Gasteiger partial charge in [-0.05, 0) is 42.6 Å². The van der Waals surface area contributed by atoms with E-state index < -0.39 is 29.8 Å². The second kappa shape index (κ2) is 7.05. The Hall–Kier alpha value is -3.56. The van der Waals surface area contributed by atoms with Crippen LogP contribution >= 0.6 is 0 Å². The third-order valence-corrected chi connectivity index (χ3v) is 4.93. The van der Waals surface area contributed by atoms with Crippen LogP contribution in [0.2, 0.25) is 0 Å². The number of H-pyrrole nitrogens is 1. The van der Waals surface area contributed by atoms with Crippen molar-refractivity contribution < 1.29 is 27.5 Å². The van der Waals surface area contributed by atoms with Gasteiger partial charge in [0.1, 0.15) is 12.4 Å². The van der Waals surface area contributed by atoms with Gasteiger partial charge in [-0.3, -0.25) is 4.79 Å². The lowest BCUT2D eigenvalue weighted by Crippen LogP contribution is -2.47. The summed E-state index contributed by atoms with van der Waals surface area (Å²) in [6.07, 6.45) is -3.77. The van der Waals surface area contributed by atoms with Crippen LogP contribution in [0.15, 0.2) is 42.6 Å². The van der Waals surface area contributed by atoms with E-state index in [2.05, 4.69) is 9.97 Å². The standard InChI is InChI=1S/C20H17F3N4O3/c1-11-7-13(20(21,22)23)8-17(25-11)27-16(10-30-19(27)29)18(28)26(2)14-4-3-12-5-6-24-15(12)9-14/h3-9,16,24H,10H2,1-2H3/t16-/m0/s1. The summed E-state index contributed by atoms with van der Waals surface area (Å²) in [5, 5.41) is 0.962. The van der Waals surface area contributed by atoms with Crippen molar-refractivity contribution in [1.29, 1.82) is 0 Å². The SMILES string of the molecule is Cc1cc(C(F)(F)F)cc(N2C(=O)OC[C@H]2C(=O)N(C)c2ccc3cc[nH]c3c2)n1. The monoisotopic (exact) mass is 418 g/mol. The summed E-state index contributed by atoms with van der Waals surface area (Å²) in [6, 6.07) is 7.69. The molecule has 1 aromatic carbocycles. The molecule has 156 valence electrons. The van der Waals surface area contributed by atoms with Gasteiger partial charge in [0.15, 0.2) is 6.04 Å². The molecule has 1 fully saturated rings. The van der Waals surface area contributed by atoms with Crippen LogP contribution < -0.4 is 9.80 Å². The summed E-state index contributed by atoms with van der Waals surface area (Å²) in [5.41, 5.74) is 0.484. The molecule has 0 bridgehead atoms. The summed E-state index contributed by atoms with van der Waals surface area (Å²) in [7, 11) is 1.53. The van der Waals surface area contributed by atoms with Crippen LogP contribution in [0, 0.1) is 6.92 Å². The van der Waals surface area contributed by atoms with Crippen molar-refractivity contribution in [1.82, 2.24) is 9.97 Å². The van der Waals surface area contributed by atoms with Crippen molar-refractivity contribution in [3.63, 3.8) is 0 Å².